The molecule has 1 rings (SSSR count). The molecule has 0 saturated heterocycles. The fourth-order valence-electron chi connectivity index (χ4n) is 3.68. The molecule has 132 valence electrons. The van der Waals surface area contributed by atoms with Gasteiger partial charge in [0, 0.05) is 5.41 Å². The third-order valence-electron chi connectivity index (χ3n) is 5.51. The maximum Gasteiger partial charge on any atom is 0.0656 e. The standard InChI is InChI=1S/C22H38O/c1-6-22(5,21(23)20-15-8-7-9-16-20)17-11-14-19(4)13-10-12-18(2)3/h6,12,14,20-21,23H,1,7-11,13,15-17H2,2-5H3/b19-14+/t21-,22-/m0/s1. The number of aliphatic hydroxyl groups excluding tert-OH is 1. The van der Waals surface area contributed by atoms with Gasteiger partial charge < -0.3 is 5.11 Å². The van der Waals surface area contributed by atoms with E-state index in [2.05, 4.69) is 46.4 Å². The molecule has 0 aromatic carbocycles. The molecular weight excluding hydrogens is 280 g/mol. The van der Waals surface area contributed by atoms with Gasteiger partial charge in [-0.2, -0.15) is 0 Å². The molecule has 1 heteroatoms. The fraction of sp³-hybridized carbons (Fsp3) is 0.727. The summed E-state index contributed by atoms with van der Waals surface area (Å²) < 4.78 is 0. The Hall–Kier alpha value is -0.820. The van der Waals surface area contributed by atoms with Gasteiger partial charge in [0.2, 0.25) is 0 Å². The van der Waals surface area contributed by atoms with Crippen LogP contribution in [0.1, 0.15) is 85.5 Å². The molecule has 2 atom stereocenters. The van der Waals surface area contributed by atoms with Crippen LogP contribution >= 0.6 is 0 Å². The van der Waals surface area contributed by atoms with Crippen molar-refractivity contribution in [1.82, 2.24) is 0 Å². The fourth-order valence-corrected chi connectivity index (χ4v) is 3.68. The van der Waals surface area contributed by atoms with Crippen molar-refractivity contribution in [2.45, 2.75) is 91.6 Å². The average molecular weight is 319 g/mol. The van der Waals surface area contributed by atoms with Crippen LogP contribution in [-0.2, 0) is 0 Å². The van der Waals surface area contributed by atoms with E-state index in [-0.39, 0.29) is 11.5 Å². The first-order valence-electron chi connectivity index (χ1n) is 9.49. The Bertz CT molecular complexity index is 408. The lowest BCUT2D eigenvalue weighted by Crippen LogP contribution is -2.37. The molecule has 0 aliphatic heterocycles. The highest BCUT2D eigenvalue weighted by molar-refractivity contribution is 5.05. The Kier molecular flexibility index (Phi) is 8.91. The monoisotopic (exact) mass is 318 g/mol. The molecule has 1 N–H and O–H groups in total. The molecular formula is C22H38O. The SMILES string of the molecule is C=C[C@@](C)(CC/C=C(\C)CCC=C(C)C)[C@@H](O)C1CCCCC1. The number of rotatable bonds is 9. The summed E-state index contributed by atoms with van der Waals surface area (Å²) in [6, 6.07) is 0. The summed E-state index contributed by atoms with van der Waals surface area (Å²) in [6.45, 7) is 12.7. The van der Waals surface area contributed by atoms with Crippen LogP contribution in [0.5, 0.6) is 0 Å². The smallest absolute Gasteiger partial charge is 0.0656 e. The number of allylic oxidation sites excluding steroid dienone is 4. The summed E-state index contributed by atoms with van der Waals surface area (Å²) in [6.07, 6.45) is 17.0. The highest BCUT2D eigenvalue weighted by Gasteiger charge is 2.35. The Morgan fingerprint density at radius 2 is 1.78 bits per heavy atom. The van der Waals surface area contributed by atoms with Crippen LogP contribution in [0.25, 0.3) is 0 Å². The highest BCUT2D eigenvalue weighted by Crippen LogP contribution is 2.39. The second kappa shape index (κ2) is 10.1. The van der Waals surface area contributed by atoms with Crippen LogP contribution in [0.4, 0.5) is 0 Å². The van der Waals surface area contributed by atoms with Gasteiger partial charge in [-0.3, -0.25) is 0 Å². The zero-order chi connectivity index (χ0) is 17.3. The molecule has 0 radical (unpaired) electrons. The van der Waals surface area contributed by atoms with Gasteiger partial charge in [0.25, 0.3) is 0 Å². The highest BCUT2D eigenvalue weighted by atomic mass is 16.3. The number of hydrogen-bond acceptors (Lipinski definition) is 1. The van der Waals surface area contributed by atoms with Gasteiger partial charge in [0.15, 0.2) is 0 Å². The zero-order valence-corrected chi connectivity index (χ0v) is 15.9. The first-order chi connectivity index (χ1) is 10.9. The molecule has 1 fully saturated rings. The molecule has 0 aromatic heterocycles. The van der Waals surface area contributed by atoms with E-state index in [4.69, 9.17) is 0 Å². The predicted octanol–water partition coefficient (Wildman–Crippen LogP) is 6.59. The lowest BCUT2D eigenvalue weighted by molar-refractivity contribution is 0.000237. The van der Waals surface area contributed by atoms with Crippen molar-refractivity contribution < 1.29 is 5.11 Å². The second-order valence-corrected chi connectivity index (χ2v) is 7.96. The van der Waals surface area contributed by atoms with Crippen molar-refractivity contribution in [2.24, 2.45) is 11.3 Å². The van der Waals surface area contributed by atoms with Crippen LogP contribution in [0.2, 0.25) is 0 Å². The molecule has 1 nitrogen and oxygen atoms in total. The quantitative estimate of drug-likeness (QED) is 0.475. The van der Waals surface area contributed by atoms with Gasteiger partial charge in [-0.1, -0.05) is 55.6 Å². The zero-order valence-electron chi connectivity index (χ0n) is 15.9. The molecule has 23 heavy (non-hydrogen) atoms. The van der Waals surface area contributed by atoms with Crippen LogP contribution in [-0.4, -0.2) is 11.2 Å². The van der Waals surface area contributed by atoms with E-state index >= 15 is 0 Å². The number of hydrogen-bond donors (Lipinski definition) is 1. The van der Waals surface area contributed by atoms with Crippen LogP contribution in [0.3, 0.4) is 0 Å². The van der Waals surface area contributed by atoms with Crippen molar-refractivity contribution in [3.05, 3.63) is 36.0 Å². The Morgan fingerprint density at radius 1 is 1.13 bits per heavy atom. The first kappa shape index (κ1) is 20.2. The van der Waals surface area contributed by atoms with E-state index in [1.165, 1.54) is 43.3 Å². The number of aliphatic hydroxyl groups is 1. The minimum absolute atomic E-state index is 0.154. The molecule has 0 spiro atoms. The largest absolute Gasteiger partial charge is 0.392 e. The van der Waals surface area contributed by atoms with Gasteiger partial charge in [0.05, 0.1) is 6.10 Å². The van der Waals surface area contributed by atoms with Crippen molar-refractivity contribution in [1.29, 1.82) is 0 Å². The molecule has 0 aromatic rings. The van der Waals surface area contributed by atoms with E-state index < -0.39 is 0 Å². The maximum absolute atomic E-state index is 10.9. The Morgan fingerprint density at radius 3 is 2.35 bits per heavy atom. The molecule has 1 aliphatic rings. The predicted molar refractivity (Wildman–Crippen MR) is 103 cm³/mol. The molecule has 0 amide bonds. The molecule has 0 heterocycles. The van der Waals surface area contributed by atoms with Crippen molar-refractivity contribution in [2.75, 3.05) is 0 Å². The van der Waals surface area contributed by atoms with Crippen molar-refractivity contribution in [3.63, 3.8) is 0 Å². The van der Waals surface area contributed by atoms with Crippen LogP contribution in [0, 0.1) is 11.3 Å². The van der Waals surface area contributed by atoms with E-state index in [1.807, 2.05) is 6.08 Å². The minimum Gasteiger partial charge on any atom is -0.392 e. The maximum atomic E-state index is 10.9. The second-order valence-electron chi connectivity index (χ2n) is 7.96. The van der Waals surface area contributed by atoms with Gasteiger partial charge in [-0.15, -0.1) is 6.58 Å². The minimum atomic E-state index is -0.236. The third kappa shape index (κ3) is 7.08. The molecule has 0 unspecified atom stereocenters. The topological polar surface area (TPSA) is 20.2 Å². The third-order valence-corrected chi connectivity index (χ3v) is 5.51. The summed E-state index contributed by atoms with van der Waals surface area (Å²) in [4.78, 5) is 0. The van der Waals surface area contributed by atoms with E-state index in [0.717, 1.165) is 25.7 Å². The Balaban J connectivity index is 2.50. The van der Waals surface area contributed by atoms with Gasteiger partial charge in [-0.05, 0) is 65.2 Å². The van der Waals surface area contributed by atoms with Crippen LogP contribution in [0.15, 0.2) is 36.0 Å². The summed E-state index contributed by atoms with van der Waals surface area (Å²) in [7, 11) is 0. The normalized spacial score (nSPS) is 20.7. The van der Waals surface area contributed by atoms with Crippen LogP contribution < -0.4 is 0 Å². The molecule has 1 saturated carbocycles. The van der Waals surface area contributed by atoms with E-state index in [9.17, 15) is 5.11 Å². The molecule has 0 bridgehead atoms. The summed E-state index contributed by atoms with van der Waals surface area (Å²) in [5, 5.41) is 10.9. The van der Waals surface area contributed by atoms with Gasteiger partial charge >= 0.3 is 0 Å². The summed E-state index contributed by atoms with van der Waals surface area (Å²) in [5.74, 6) is 0.467. The van der Waals surface area contributed by atoms with Crippen molar-refractivity contribution >= 4 is 0 Å². The average Bonchev–Trinajstić information content (AvgIpc) is 2.54. The Labute approximate surface area is 144 Å². The summed E-state index contributed by atoms with van der Waals surface area (Å²) >= 11 is 0. The van der Waals surface area contributed by atoms with E-state index in [1.54, 1.807) is 0 Å². The molecule has 1 aliphatic carbocycles. The summed E-state index contributed by atoms with van der Waals surface area (Å²) in [5.41, 5.74) is 2.70. The lowest BCUT2D eigenvalue weighted by atomic mass is 9.70. The van der Waals surface area contributed by atoms with Gasteiger partial charge in [0.1, 0.15) is 0 Å². The lowest BCUT2D eigenvalue weighted by Gasteiger charge is -2.38. The van der Waals surface area contributed by atoms with Gasteiger partial charge in [-0.25, -0.2) is 0 Å². The first-order valence-corrected chi connectivity index (χ1v) is 9.49. The van der Waals surface area contributed by atoms with Crippen molar-refractivity contribution in [3.8, 4) is 0 Å². The van der Waals surface area contributed by atoms with E-state index in [0.29, 0.717) is 5.92 Å².